The molecule has 2 aromatic carbocycles. The number of rotatable bonds is 6. The molecule has 1 aliphatic rings. The third-order valence-corrected chi connectivity index (χ3v) is 5.30. The van der Waals surface area contributed by atoms with Gasteiger partial charge in [0.1, 0.15) is 23.8 Å². The molecule has 1 aliphatic heterocycles. The van der Waals surface area contributed by atoms with Crippen LogP contribution in [-0.4, -0.2) is 32.8 Å². The quantitative estimate of drug-likeness (QED) is 0.266. The number of nitrogens with one attached hydrogen (secondary N) is 1. The molecule has 162 valence electrons. The molecule has 10 heteroatoms. The van der Waals surface area contributed by atoms with Crippen molar-refractivity contribution in [3.05, 3.63) is 87.4 Å². The van der Waals surface area contributed by atoms with Crippen LogP contribution in [0.3, 0.4) is 0 Å². The van der Waals surface area contributed by atoms with Gasteiger partial charge in [0.25, 0.3) is 5.91 Å². The summed E-state index contributed by atoms with van der Waals surface area (Å²) < 4.78 is 6.88. The Kier molecular flexibility index (Phi) is 5.69. The lowest BCUT2D eigenvalue weighted by Crippen LogP contribution is -2.30. The molecule has 0 bridgehead atoms. The van der Waals surface area contributed by atoms with Crippen molar-refractivity contribution in [3.63, 3.8) is 0 Å². The van der Waals surface area contributed by atoms with Crippen molar-refractivity contribution in [2.75, 3.05) is 12.0 Å². The lowest BCUT2D eigenvalue weighted by atomic mass is 10.1. The normalized spacial score (nSPS) is 14.7. The zero-order valence-electron chi connectivity index (χ0n) is 17.3. The summed E-state index contributed by atoms with van der Waals surface area (Å²) in [5, 5.41) is 18.2. The van der Waals surface area contributed by atoms with E-state index in [1.807, 2.05) is 43.3 Å². The number of benzene rings is 2. The highest BCUT2D eigenvalue weighted by atomic mass is 32.1. The second kappa shape index (κ2) is 8.60. The first-order chi connectivity index (χ1) is 15.4. The molecule has 32 heavy (non-hydrogen) atoms. The van der Waals surface area contributed by atoms with Crippen LogP contribution in [0.25, 0.3) is 6.08 Å². The lowest BCUT2D eigenvalue weighted by molar-refractivity contribution is -0.385. The molecule has 1 aromatic heterocycles. The number of ether oxygens (including phenoxy) is 1. The fraction of sp³-hybridized carbons (Fsp3) is 0.136. The summed E-state index contributed by atoms with van der Waals surface area (Å²) in [6, 6.07) is 13.0. The Morgan fingerprint density at radius 2 is 2.06 bits per heavy atom. The number of aromatic nitrogens is 2. The number of carbonyl (C=O) groups excluding carboxylic acids is 1. The van der Waals surface area contributed by atoms with Gasteiger partial charge in [0.05, 0.1) is 24.3 Å². The number of carbonyl (C=O) groups is 1. The number of nitrogens with zero attached hydrogens (tertiary/aromatic N) is 4. The van der Waals surface area contributed by atoms with Crippen LogP contribution in [0.5, 0.6) is 5.75 Å². The number of para-hydroxylation sites is 1. The molecule has 2 heterocycles. The first-order valence-electron chi connectivity index (χ1n) is 9.64. The van der Waals surface area contributed by atoms with Crippen molar-refractivity contribution in [1.82, 2.24) is 15.1 Å². The van der Waals surface area contributed by atoms with Gasteiger partial charge in [-0.05, 0) is 54.5 Å². The average molecular weight is 449 g/mol. The minimum absolute atomic E-state index is 0.0900. The molecule has 1 amide bonds. The van der Waals surface area contributed by atoms with Crippen LogP contribution in [0.4, 0.5) is 11.4 Å². The SMILES string of the molecule is COc1ccc(/C=C2/NC(=S)N(c3ccccc3C)C2=O)cc1Cn1cc([N+](=O)[O-])cn1. The number of thiocarbonyl (C=S) groups is 1. The molecule has 0 saturated carbocycles. The highest BCUT2D eigenvalue weighted by Gasteiger charge is 2.32. The summed E-state index contributed by atoms with van der Waals surface area (Å²) in [5.41, 5.74) is 3.42. The predicted octanol–water partition coefficient (Wildman–Crippen LogP) is 3.42. The van der Waals surface area contributed by atoms with Crippen LogP contribution in [0, 0.1) is 17.0 Å². The van der Waals surface area contributed by atoms with E-state index in [-0.39, 0.29) is 18.1 Å². The number of methoxy groups -OCH3 is 1. The number of amides is 1. The van der Waals surface area contributed by atoms with E-state index < -0.39 is 4.92 Å². The predicted molar refractivity (Wildman–Crippen MR) is 123 cm³/mol. The molecule has 0 unspecified atom stereocenters. The second-order valence-corrected chi connectivity index (χ2v) is 7.53. The van der Waals surface area contributed by atoms with Gasteiger partial charge in [-0.15, -0.1) is 0 Å². The summed E-state index contributed by atoms with van der Waals surface area (Å²) >= 11 is 5.39. The van der Waals surface area contributed by atoms with Gasteiger partial charge in [-0.3, -0.25) is 24.5 Å². The van der Waals surface area contributed by atoms with Crippen LogP contribution in [0.15, 0.2) is 60.6 Å². The third kappa shape index (κ3) is 4.08. The summed E-state index contributed by atoms with van der Waals surface area (Å²) in [4.78, 5) is 24.9. The summed E-state index contributed by atoms with van der Waals surface area (Å²) in [6.07, 6.45) is 4.26. The molecule has 4 rings (SSSR count). The third-order valence-electron chi connectivity index (χ3n) is 5.01. The maximum Gasteiger partial charge on any atom is 0.307 e. The Balaban J connectivity index is 1.63. The molecule has 0 atom stereocenters. The van der Waals surface area contributed by atoms with Gasteiger partial charge in [0, 0.05) is 5.56 Å². The van der Waals surface area contributed by atoms with Gasteiger partial charge < -0.3 is 10.1 Å². The van der Waals surface area contributed by atoms with E-state index in [0.29, 0.717) is 16.6 Å². The average Bonchev–Trinajstić information content (AvgIpc) is 3.34. The minimum Gasteiger partial charge on any atom is -0.496 e. The smallest absolute Gasteiger partial charge is 0.307 e. The van der Waals surface area contributed by atoms with Crippen molar-refractivity contribution >= 4 is 40.7 Å². The van der Waals surface area contributed by atoms with Crippen LogP contribution >= 0.6 is 12.2 Å². The molecule has 0 spiro atoms. The van der Waals surface area contributed by atoms with E-state index in [1.165, 1.54) is 22.0 Å². The van der Waals surface area contributed by atoms with E-state index in [4.69, 9.17) is 17.0 Å². The van der Waals surface area contributed by atoms with Gasteiger partial charge in [-0.2, -0.15) is 5.10 Å². The minimum atomic E-state index is -0.498. The largest absolute Gasteiger partial charge is 0.496 e. The van der Waals surface area contributed by atoms with E-state index in [2.05, 4.69) is 10.4 Å². The van der Waals surface area contributed by atoms with Crippen LogP contribution in [-0.2, 0) is 11.3 Å². The van der Waals surface area contributed by atoms with Crippen molar-refractivity contribution in [3.8, 4) is 5.75 Å². The molecular formula is C22H19N5O4S. The molecule has 0 aliphatic carbocycles. The van der Waals surface area contributed by atoms with Gasteiger partial charge >= 0.3 is 5.69 Å². The number of aryl methyl sites for hydroxylation is 1. The van der Waals surface area contributed by atoms with Gasteiger partial charge in [0.2, 0.25) is 0 Å². The molecule has 1 saturated heterocycles. The van der Waals surface area contributed by atoms with Crippen LogP contribution in [0.2, 0.25) is 0 Å². The standard InChI is InChI=1S/C22H19N5O4S/c1-14-5-3-4-6-19(14)26-21(28)18(24-22(26)32)10-15-7-8-20(31-2)16(9-15)12-25-13-17(11-23-25)27(29)30/h3-11,13H,12H2,1-2H3,(H,24,32)/b18-10+. The molecular weight excluding hydrogens is 430 g/mol. The summed E-state index contributed by atoms with van der Waals surface area (Å²) in [5.74, 6) is 0.359. The number of hydrogen-bond donors (Lipinski definition) is 1. The summed E-state index contributed by atoms with van der Waals surface area (Å²) in [7, 11) is 1.54. The Labute approximate surface area is 189 Å². The zero-order chi connectivity index (χ0) is 22.8. The van der Waals surface area contributed by atoms with E-state index >= 15 is 0 Å². The Morgan fingerprint density at radius 1 is 1.28 bits per heavy atom. The fourth-order valence-electron chi connectivity index (χ4n) is 3.45. The fourth-order valence-corrected chi connectivity index (χ4v) is 3.75. The molecule has 9 nitrogen and oxygen atoms in total. The van der Waals surface area contributed by atoms with E-state index in [0.717, 1.165) is 22.4 Å². The first kappa shape index (κ1) is 21.2. The van der Waals surface area contributed by atoms with Crippen molar-refractivity contribution in [2.24, 2.45) is 0 Å². The molecule has 1 fully saturated rings. The molecule has 0 radical (unpaired) electrons. The maximum absolute atomic E-state index is 13.0. The van der Waals surface area contributed by atoms with Crippen molar-refractivity contribution < 1.29 is 14.5 Å². The van der Waals surface area contributed by atoms with Gasteiger partial charge in [-0.1, -0.05) is 24.3 Å². The van der Waals surface area contributed by atoms with Gasteiger partial charge in [-0.25, -0.2) is 0 Å². The number of hydrogen-bond acceptors (Lipinski definition) is 6. The monoisotopic (exact) mass is 449 g/mol. The Morgan fingerprint density at radius 3 is 2.75 bits per heavy atom. The topological polar surface area (TPSA) is 103 Å². The lowest BCUT2D eigenvalue weighted by Gasteiger charge is -2.16. The van der Waals surface area contributed by atoms with Crippen molar-refractivity contribution in [2.45, 2.75) is 13.5 Å². The van der Waals surface area contributed by atoms with E-state index in [1.54, 1.807) is 19.3 Å². The number of anilines is 1. The zero-order valence-corrected chi connectivity index (χ0v) is 18.1. The van der Waals surface area contributed by atoms with Crippen molar-refractivity contribution in [1.29, 1.82) is 0 Å². The van der Waals surface area contributed by atoms with E-state index in [9.17, 15) is 14.9 Å². The first-order valence-corrected chi connectivity index (χ1v) is 10.0. The Hall–Kier alpha value is -4.05. The summed E-state index contributed by atoms with van der Waals surface area (Å²) in [6.45, 7) is 2.19. The van der Waals surface area contributed by atoms with Crippen LogP contribution < -0.4 is 15.0 Å². The van der Waals surface area contributed by atoms with Crippen LogP contribution in [0.1, 0.15) is 16.7 Å². The highest BCUT2D eigenvalue weighted by Crippen LogP contribution is 2.27. The molecule has 1 N–H and O–H groups in total. The number of nitro groups is 1. The maximum atomic E-state index is 13.0. The van der Waals surface area contributed by atoms with Gasteiger partial charge in [0.15, 0.2) is 5.11 Å². The highest BCUT2D eigenvalue weighted by molar-refractivity contribution is 7.80. The Bertz CT molecular complexity index is 1270. The molecule has 3 aromatic rings. The second-order valence-electron chi connectivity index (χ2n) is 7.14.